The second kappa shape index (κ2) is 8.24. The topological polar surface area (TPSA) is 84.2 Å². The second-order valence-corrected chi connectivity index (χ2v) is 8.03. The number of halogens is 1. The smallest absolute Gasteiger partial charge is 0.234 e. The van der Waals surface area contributed by atoms with E-state index < -0.39 is 0 Å². The summed E-state index contributed by atoms with van der Waals surface area (Å²) >= 11 is 12.5. The van der Waals surface area contributed by atoms with Gasteiger partial charge >= 0.3 is 0 Å². The molecule has 146 valence electrons. The molecule has 0 fully saturated rings. The highest BCUT2D eigenvalue weighted by atomic mass is 35.5. The van der Waals surface area contributed by atoms with Crippen molar-refractivity contribution >= 4 is 56.8 Å². The van der Waals surface area contributed by atoms with Crippen LogP contribution in [0.5, 0.6) is 0 Å². The summed E-state index contributed by atoms with van der Waals surface area (Å²) in [6.07, 6.45) is 0.220. The Morgan fingerprint density at radius 2 is 1.86 bits per heavy atom. The summed E-state index contributed by atoms with van der Waals surface area (Å²) in [4.78, 5) is 12.9. The van der Waals surface area contributed by atoms with Crippen molar-refractivity contribution in [2.24, 2.45) is 0 Å². The number of fused-ring (bicyclic) bond motifs is 1. The van der Waals surface area contributed by atoms with Crippen LogP contribution in [-0.2, 0) is 11.2 Å². The first-order valence-corrected chi connectivity index (χ1v) is 10.2. The number of rotatable bonds is 4. The fourth-order valence-electron chi connectivity index (χ4n) is 2.65. The molecule has 2 aromatic heterocycles. The monoisotopic (exact) mass is 442 g/mol. The Bertz CT molecular complexity index is 1180. The van der Waals surface area contributed by atoms with Gasteiger partial charge in [-0.05, 0) is 61.1 Å². The maximum absolute atomic E-state index is 12.1. The van der Waals surface area contributed by atoms with Crippen LogP contribution < -0.4 is 10.6 Å². The van der Waals surface area contributed by atoms with Gasteiger partial charge in [-0.25, -0.2) is 0 Å². The number of carbonyl (C=O) groups is 1. The van der Waals surface area contributed by atoms with Gasteiger partial charge in [0, 0.05) is 16.3 Å². The Balaban J connectivity index is 1.35. The normalized spacial score (nSPS) is 10.8. The molecule has 0 aliphatic heterocycles. The summed E-state index contributed by atoms with van der Waals surface area (Å²) in [6, 6.07) is 14.7. The molecule has 29 heavy (non-hydrogen) atoms. The van der Waals surface area contributed by atoms with Gasteiger partial charge < -0.3 is 10.6 Å². The minimum atomic E-state index is -0.198. The molecule has 2 N–H and O–H groups in total. The molecule has 0 aliphatic rings. The number of nitrogens with zero attached hydrogens (tertiary/aromatic N) is 4. The summed E-state index contributed by atoms with van der Waals surface area (Å²) in [5.74, 6) is 0.553. The maximum Gasteiger partial charge on any atom is 0.234 e. The third-order valence-corrected chi connectivity index (χ3v) is 5.47. The van der Waals surface area contributed by atoms with E-state index in [-0.39, 0.29) is 17.4 Å². The first-order chi connectivity index (χ1) is 14.0. The minimum Gasteiger partial charge on any atom is -0.332 e. The van der Waals surface area contributed by atoms with E-state index in [1.54, 1.807) is 16.6 Å². The highest BCUT2D eigenvalue weighted by Gasteiger charge is 2.11. The van der Waals surface area contributed by atoms with Crippen LogP contribution in [-0.4, -0.2) is 30.8 Å². The third kappa shape index (κ3) is 4.58. The van der Waals surface area contributed by atoms with Gasteiger partial charge in [0.1, 0.15) is 5.01 Å². The van der Waals surface area contributed by atoms with Gasteiger partial charge in [-0.3, -0.25) is 4.79 Å². The standard InChI is InChI=1S/C19H15ClN6OS2/c1-11-23-24-19-26(11)25-17(29-19)13-4-8-15(9-5-13)21-18(28)22-16(27)10-12-2-6-14(20)7-3-12/h2-9H,10H2,1H3,(H2,21,22,27,28). The molecule has 4 rings (SSSR count). The van der Waals surface area contributed by atoms with Crippen molar-refractivity contribution in [2.75, 3.05) is 5.32 Å². The molecular formula is C19H15ClN6OS2. The van der Waals surface area contributed by atoms with Crippen LogP contribution in [0.15, 0.2) is 48.5 Å². The molecule has 0 saturated heterocycles. The number of hydrogen-bond donors (Lipinski definition) is 2. The van der Waals surface area contributed by atoms with Crippen LogP contribution in [0.1, 0.15) is 11.4 Å². The largest absolute Gasteiger partial charge is 0.332 e. The van der Waals surface area contributed by atoms with Gasteiger partial charge in [-0.2, -0.15) is 9.61 Å². The maximum atomic E-state index is 12.1. The Morgan fingerprint density at radius 3 is 2.55 bits per heavy atom. The molecule has 0 spiro atoms. The van der Waals surface area contributed by atoms with Crippen LogP contribution in [0, 0.1) is 6.92 Å². The van der Waals surface area contributed by atoms with Crippen molar-refractivity contribution in [1.82, 2.24) is 25.1 Å². The molecule has 0 unspecified atom stereocenters. The van der Waals surface area contributed by atoms with Crippen molar-refractivity contribution in [3.63, 3.8) is 0 Å². The lowest BCUT2D eigenvalue weighted by Gasteiger charge is -2.10. The molecule has 0 aliphatic carbocycles. The highest BCUT2D eigenvalue weighted by Crippen LogP contribution is 2.26. The summed E-state index contributed by atoms with van der Waals surface area (Å²) in [5.41, 5.74) is 2.59. The van der Waals surface area contributed by atoms with E-state index in [0.29, 0.717) is 5.02 Å². The number of hydrogen-bond acceptors (Lipinski definition) is 6. The number of aromatic nitrogens is 4. The molecule has 4 aromatic rings. The molecule has 0 radical (unpaired) electrons. The summed E-state index contributed by atoms with van der Waals surface area (Å²) in [7, 11) is 0. The predicted octanol–water partition coefficient (Wildman–Crippen LogP) is 3.87. The number of carbonyl (C=O) groups excluding carboxylic acids is 1. The summed E-state index contributed by atoms with van der Waals surface area (Å²) in [6.45, 7) is 1.86. The zero-order valence-corrected chi connectivity index (χ0v) is 17.6. The molecule has 0 saturated carbocycles. The molecular weight excluding hydrogens is 428 g/mol. The molecule has 0 atom stereocenters. The van der Waals surface area contributed by atoms with E-state index in [1.807, 2.05) is 43.3 Å². The van der Waals surface area contributed by atoms with Gasteiger partial charge in [0.15, 0.2) is 10.9 Å². The average Bonchev–Trinajstić information content (AvgIpc) is 3.26. The van der Waals surface area contributed by atoms with E-state index in [1.165, 1.54) is 11.3 Å². The number of benzene rings is 2. The summed E-state index contributed by atoms with van der Waals surface area (Å²) < 4.78 is 1.72. The Morgan fingerprint density at radius 1 is 1.14 bits per heavy atom. The Hall–Kier alpha value is -2.88. The fourth-order valence-corrected chi connectivity index (χ4v) is 3.90. The molecule has 7 nitrogen and oxygen atoms in total. The lowest BCUT2D eigenvalue weighted by atomic mass is 10.1. The van der Waals surface area contributed by atoms with Gasteiger partial charge in [0.05, 0.1) is 6.42 Å². The second-order valence-electron chi connectivity index (χ2n) is 6.23. The van der Waals surface area contributed by atoms with Crippen molar-refractivity contribution in [1.29, 1.82) is 0 Å². The third-order valence-electron chi connectivity index (χ3n) is 4.07. The lowest BCUT2D eigenvalue weighted by Crippen LogP contribution is -2.35. The van der Waals surface area contributed by atoms with Crippen molar-refractivity contribution in [3.8, 4) is 10.6 Å². The van der Waals surface area contributed by atoms with Crippen molar-refractivity contribution < 1.29 is 4.79 Å². The molecule has 1 amide bonds. The zero-order chi connectivity index (χ0) is 20.4. The number of amides is 1. The lowest BCUT2D eigenvalue weighted by molar-refractivity contribution is -0.119. The number of thiocarbonyl (C=S) groups is 1. The van der Waals surface area contributed by atoms with E-state index in [4.69, 9.17) is 23.8 Å². The van der Waals surface area contributed by atoms with Crippen LogP contribution in [0.25, 0.3) is 15.5 Å². The molecule has 2 heterocycles. The minimum absolute atomic E-state index is 0.198. The van der Waals surface area contributed by atoms with Gasteiger partial charge in [-0.15, -0.1) is 10.2 Å². The average molecular weight is 443 g/mol. The van der Waals surface area contributed by atoms with E-state index in [2.05, 4.69) is 25.9 Å². The number of aryl methyl sites for hydroxylation is 1. The van der Waals surface area contributed by atoms with Gasteiger partial charge in [0.2, 0.25) is 10.9 Å². The first kappa shape index (κ1) is 19.4. The first-order valence-electron chi connectivity index (χ1n) is 8.62. The van der Waals surface area contributed by atoms with Crippen molar-refractivity contribution in [3.05, 3.63) is 64.9 Å². The van der Waals surface area contributed by atoms with Gasteiger partial charge in [0.25, 0.3) is 0 Å². The highest BCUT2D eigenvalue weighted by molar-refractivity contribution is 7.80. The van der Waals surface area contributed by atoms with Crippen LogP contribution >= 0.6 is 35.2 Å². The molecule has 2 aromatic carbocycles. The predicted molar refractivity (Wildman–Crippen MR) is 118 cm³/mol. The summed E-state index contributed by atoms with van der Waals surface area (Å²) in [5, 5.41) is 20.0. The van der Waals surface area contributed by atoms with Gasteiger partial charge in [-0.1, -0.05) is 35.1 Å². The quantitative estimate of drug-likeness (QED) is 0.467. The van der Waals surface area contributed by atoms with Crippen LogP contribution in [0.3, 0.4) is 0 Å². The van der Waals surface area contributed by atoms with Crippen LogP contribution in [0.4, 0.5) is 5.69 Å². The van der Waals surface area contributed by atoms with Crippen molar-refractivity contribution in [2.45, 2.75) is 13.3 Å². The molecule has 0 bridgehead atoms. The van der Waals surface area contributed by atoms with E-state index >= 15 is 0 Å². The number of anilines is 1. The molecule has 10 heteroatoms. The van der Waals surface area contributed by atoms with E-state index in [9.17, 15) is 4.79 Å². The SMILES string of the molecule is Cc1nnc2sc(-c3ccc(NC(=S)NC(=O)Cc4ccc(Cl)cc4)cc3)nn12. The zero-order valence-electron chi connectivity index (χ0n) is 15.2. The Labute approximate surface area is 180 Å². The fraction of sp³-hybridized carbons (Fsp3) is 0.105. The van der Waals surface area contributed by atoms with E-state index in [0.717, 1.165) is 32.6 Å². The number of nitrogens with one attached hydrogen (secondary N) is 2. The van der Waals surface area contributed by atoms with Crippen LogP contribution in [0.2, 0.25) is 5.02 Å². The Kier molecular flexibility index (Phi) is 5.52.